The molecule has 152 valence electrons. The van der Waals surface area contributed by atoms with Crippen LogP contribution >= 0.6 is 0 Å². The predicted molar refractivity (Wildman–Crippen MR) is 107 cm³/mol. The molecule has 7 heteroatoms. The largest absolute Gasteiger partial charge is 0.346 e. The van der Waals surface area contributed by atoms with Gasteiger partial charge in [-0.15, -0.1) is 0 Å². The third-order valence-corrected chi connectivity index (χ3v) is 7.20. The molecule has 0 aromatic heterocycles. The van der Waals surface area contributed by atoms with E-state index in [1.165, 1.54) is 4.90 Å². The lowest BCUT2D eigenvalue weighted by molar-refractivity contribution is -0.895. The number of carbonyl (C=O) groups excluding carboxylic acids is 1. The second-order valence-electron chi connectivity index (χ2n) is 7.76. The van der Waals surface area contributed by atoms with Gasteiger partial charge in [-0.25, -0.2) is 8.42 Å². The molecule has 0 bridgehead atoms. The van der Waals surface area contributed by atoms with Gasteiger partial charge in [-0.05, 0) is 56.4 Å². The summed E-state index contributed by atoms with van der Waals surface area (Å²) in [7, 11) is -3.51. The first kappa shape index (κ1) is 21.9. The van der Waals surface area contributed by atoms with Gasteiger partial charge in [-0.2, -0.15) is 4.31 Å². The minimum Gasteiger partial charge on any atom is -0.346 e. The van der Waals surface area contributed by atoms with Crippen LogP contribution in [0.25, 0.3) is 0 Å². The zero-order valence-electron chi connectivity index (χ0n) is 17.0. The van der Waals surface area contributed by atoms with Crippen molar-refractivity contribution in [2.45, 2.75) is 39.0 Å². The first-order valence-corrected chi connectivity index (χ1v) is 11.4. The van der Waals surface area contributed by atoms with Gasteiger partial charge in [-0.1, -0.05) is 13.8 Å². The van der Waals surface area contributed by atoms with Crippen LogP contribution in [0, 0.1) is 11.8 Å². The maximum atomic E-state index is 12.9. The maximum absolute atomic E-state index is 12.9. The van der Waals surface area contributed by atoms with Crippen LogP contribution in [0.4, 0.5) is 0 Å². The third kappa shape index (κ3) is 5.77. The first-order chi connectivity index (χ1) is 12.8. The molecule has 0 radical (unpaired) electrons. The number of piperidine rings is 1. The van der Waals surface area contributed by atoms with Crippen LogP contribution in [0.3, 0.4) is 0 Å². The highest BCUT2D eigenvalue weighted by atomic mass is 32.2. The van der Waals surface area contributed by atoms with E-state index in [0.29, 0.717) is 37.0 Å². The third-order valence-electron chi connectivity index (χ3n) is 5.35. The van der Waals surface area contributed by atoms with Crippen molar-refractivity contribution < 1.29 is 18.1 Å². The number of benzene rings is 1. The molecule has 1 amide bonds. The molecule has 0 aliphatic carbocycles. The van der Waals surface area contributed by atoms with E-state index >= 15 is 0 Å². The summed E-state index contributed by atoms with van der Waals surface area (Å²) in [6.45, 7) is 13.1. The molecule has 1 saturated heterocycles. The number of hydrogen-bond acceptors (Lipinski definition) is 3. The highest BCUT2D eigenvalue weighted by Gasteiger charge is 2.31. The Bertz CT molecular complexity index is 704. The van der Waals surface area contributed by atoms with Crippen LogP contribution in [-0.2, 0) is 10.0 Å². The number of hydrogen-bond donors (Lipinski definition) is 2. The summed E-state index contributed by atoms with van der Waals surface area (Å²) in [5, 5.41) is 2.91. The van der Waals surface area contributed by atoms with Gasteiger partial charge in [0.25, 0.3) is 5.91 Å². The van der Waals surface area contributed by atoms with E-state index < -0.39 is 10.0 Å². The standard InChI is InChI=1S/C20H33N3O3S/c1-5-22(6-2)12-11-21-20(24)18-7-9-19(10-8-18)27(25,26)23-14-16(3)13-17(4)15-23/h7-10,16-17H,5-6,11-15H2,1-4H3,(H,21,24)/p+1/t16-,17+. The van der Waals surface area contributed by atoms with Crippen molar-refractivity contribution in [3.05, 3.63) is 29.8 Å². The van der Waals surface area contributed by atoms with Gasteiger partial charge in [0.05, 0.1) is 31.1 Å². The van der Waals surface area contributed by atoms with E-state index in [1.54, 1.807) is 28.6 Å². The number of quaternary nitrogens is 1. The lowest BCUT2D eigenvalue weighted by Gasteiger charge is -2.34. The average molecular weight is 397 g/mol. The number of likely N-dealkylation sites (N-methyl/N-ethyl adjacent to an activating group) is 1. The van der Waals surface area contributed by atoms with E-state index in [-0.39, 0.29) is 10.8 Å². The topological polar surface area (TPSA) is 70.9 Å². The Morgan fingerprint density at radius 1 is 1.11 bits per heavy atom. The Balaban J connectivity index is 2.00. The fourth-order valence-electron chi connectivity index (χ4n) is 3.79. The molecule has 1 heterocycles. The summed E-state index contributed by atoms with van der Waals surface area (Å²) in [5.74, 6) is 0.564. The maximum Gasteiger partial charge on any atom is 0.251 e. The molecule has 1 aliphatic rings. The SMILES string of the molecule is CC[NH+](CC)CCNC(=O)c1ccc(S(=O)(=O)N2C[C@H](C)C[C@H](C)C2)cc1. The van der Waals surface area contributed by atoms with Crippen LogP contribution < -0.4 is 10.2 Å². The number of nitrogens with one attached hydrogen (secondary N) is 2. The van der Waals surface area contributed by atoms with Gasteiger partial charge >= 0.3 is 0 Å². The van der Waals surface area contributed by atoms with Gasteiger partial charge in [0.1, 0.15) is 0 Å². The quantitative estimate of drug-likeness (QED) is 0.689. The van der Waals surface area contributed by atoms with E-state index in [0.717, 1.165) is 26.1 Å². The fourth-order valence-corrected chi connectivity index (χ4v) is 5.47. The number of carbonyl (C=O) groups is 1. The highest BCUT2D eigenvalue weighted by Crippen LogP contribution is 2.26. The number of nitrogens with zero attached hydrogens (tertiary/aromatic N) is 1. The van der Waals surface area contributed by atoms with Crippen molar-refractivity contribution >= 4 is 15.9 Å². The van der Waals surface area contributed by atoms with Crippen LogP contribution in [0.5, 0.6) is 0 Å². The predicted octanol–water partition coefficient (Wildman–Crippen LogP) is 1.01. The normalized spacial score (nSPS) is 21.4. The highest BCUT2D eigenvalue weighted by molar-refractivity contribution is 7.89. The molecule has 2 N–H and O–H groups in total. The van der Waals surface area contributed by atoms with E-state index in [2.05, 4.69) is 33.0 Å². The molecule has 1 aliphatic heterocycles. The summed E-state index contributed by atoms with van der Waals surface area (Å²) >= 11 is 0. The monoisotopic (exact) mass is 396 g/mol. The molecule has 1 fully saturated rings. The summed E-state index contributed by atoms with van der Waals surface area (Å²) in [4.78, 5) is 14.0. The molecular weight excluding hydrogens is 362 g/mol. The van der Waals surface area contributed by atoms with Gasteiger partial charge in [0, 0.05) is 18.7 Å². The Hall–Kier alpha value is -1.44. The lowest BCUT2D eigenvalue weighted by atomic mass is 9.94. The van der Waals surface area contributed by atoms with Crippen molar-refractivity contribution in [2.24, 2.45) is 11.8 Å². The first-order valence-electron chi connectivity index (χ1n) is 9.99. The van der Waals surface area contributed by atoms with Crippen molar-refractivity contribution in [1.29, 1.82) is 0 Å². The van der Waals surface area contributed by atoms with Crippen LogP contribution in [-0.4, -0.2) is 57.9 Å². The van der Waals surface area contributed by atoms with Crippen molar-refractivity contribution in [3.63, 3.8) is 0 Å². The molecule has 0 unspecified atom stereocenters. The van der Waals surface area contributed by atoms with Gasteiger partial charge in [0.2, 0.25) is 10.0 Å². The van der Waals surface area contributed by atoms with E-state index in [4.69, 9.17) is 0 Å². The average Bonchev–Trinajstić information content (AvgIpc) is 2.64. The minimum atomic E-state index is -3.51. The summed E-state index contributed by atoms with van der Waals surface area (Å²) in [5.41, 5.74) is 0.490. The van der Waals surface area contributed by atoms with Crippen molar-refractivity contribution in [3.8, 4) is 0 Å². The Morgan fingerprint density at radius 2 is 1.67 bits per heavy atom. The van der Waals surface area contributed by atoms with Crippen molar-refractivity contribution in [1.82, 2.24) is 9.62 Å². The molecule has 0 saturated carbocycles. The molecule has 6 nitrogen and oxygen atoms in total. The van der Waals surface area contributed by atoms with E-state index in [1.807, 2.05) is 0 Å². The van der Waals surface area contributed by atoms with Crippen LogP contribution in [0.1, 0.15) is 44.5 Å². The molecule has 1 aromatic carbocycles. The minimum absolute atomic E-state index is 0.161. The molecule has 2 atom stereocenters. The number of amides is 1. The number of sulfonamides is 1. The van der Waals surface area contributed by atoms with Gasteiger partial charge in [0.15, 0.2) is 0 Å². The van der Waals surface area contributed by atoms with Crippen LogP contribution in [0.15, 0.2) is 29.2 Å². The second kappa shape index (κ2) is 9.66. The van der Waals surface area contributed by atoms with Crippen molar-refractivity contribution in [2.75, 3.05) is 39.3 Å². The van der Waals surface area contributed by atoms with Crippen LogP contribution in [0.2, 0.25) is 0 Å². The van der Waals surface area contributed by atoms with Gasteiger partial charge in [-0.3, -0.25) is 4.79 Å². The molecule has 27 heavy (non-hydrogen) atoms. The van der Waals surface area contributed by atoms with Gasteiger partial charge < -0.3 is 10.2 Å². The zero-order valence-corrected chi connectivity index (χ0v) is 17.8. The number of rotatable bonds is 8. The zero-order chi connectivity index (χ0) is 20.0. The molecular formula is C20H34N3O3S+. The Kier molecular flexibility index (Phi) is 7.82. The Morgan fingerprint density at radius 3 is 2.19 bits per heavy atom. The summed E-state index contributed by atoms with van der Waals surface area (Å²) in [6, 6.07) is 6.29. The summed E-state index contributed by atoms with van der Waals surface area (Å²) in [6.07, 6.45) is 1.06. The molecule has 1 aromatic rings. The Labute approximate surface area is 164 Å². The second-order valence-corrected chi connectivity index (χ2v) is 9.69. The smallest absolute Gasteiger partial charge is 0.251 e. The lowest BCUT2D eigenvalue weighted by Crippen LogP contribution is -3.12. The molecule has 0 spiro atoms. The molecule has 2 rings (SSSR count). The fraction of sp³-hybridized carbons (Fsp3) is 0.650. The summed E-state index contributed by atoms with van der Waals surface area (Å²) < 4.78 is 27.4. The van der Waals surface area contributed by atoms with E-state index in [9.17, 15) is 13.2 Å².